The highest BCUT2D eigenvalue weighted by Gasteiger charge is 2.14. The first-order valence-corrected chi connectivity index (χ1v) is 4.75. The van der Waals surface area contributed by atoms with Gasteiger partial charge in [0.15, 0.2) is 0 Å². The van der Waals surface area contributed by atoms with Gasteiger partial charge in [0.25, 0.3) is 0 Å². The van der Waals surface area contributed by atoms with Crippen LogP contribution in [0.5, 0.6) is 0 Å². The highest BCUT2D eigenvalue weighted by molar-refractivity contribution is 5.97. The van der Waals surface area contributed by atoms with Gasteiger partial charge in [0.2, 0.25) is 0 Å². The Morgan fingerprint density at radius 2 is 2.31 bits per heavy atom. The summed E-state index contributed by atoms with van der Waals surface area (Å²) < 4.78 is 9.57. The second kappa shape index (κ2) is 5.75. The maximum Gasteiger partial charge on any atom is 0.334 e. The molecular weight excluding hydrogens is 212 g/mol. The van der Waals surface area contributed by atoms with Gasteiger partial charge in [0.1, 0.15) is 0 Å². The van der Waals surface area contributed by atoms with E-state index in [-0.39, 0.29) is 18.6 Å². The largest absolute Gasteiger partial charge is 0.481 e. The SMILES string of the molecule is CCOC(=O)/C(=C/c1ccoc1)CC(=O)O. The average molecular weight is 224 g/mol. The Bertz CT molecular complexity index is 389. The molecule has 0 saturated heterocycles. The van der Waals surface area contributed by atoms with E-state index in [4.69, 9.17) is 14.3 Å². The number of carboxylic acid groups (broad SMARTS) is 1. The number of hydrogen-bond acceptors (Lipinski definition) is 4. The fourth-order valence-corrected chi connectivity index (χ4v) is 1.13. The van der Waals surface area contributed by atoms with Gasteiger partial charge in [0.05, 0.1) is 25.6 Å². The van der Waals surface area contributed by atoms with E-state index in [0.717, 1.165) is 0 Å². The van der Waals surface area contributed by atoms with E-state index < -0.39 is 11.9 Å². The third-order valence-corrected chi connectivity index (χ3v) is 1.76. The number of hydrogen-bond donors (Lipinski definition) is 1. The Morgan fingerprint density at radius 1 is 1.56 bits per heavy atom. The lowest BCUT2D eigenvalue weighted by atomic mass is 10.1. The molecule has 1 rings (SSSR count). The fraction of sp³-hybridized carbons (Fsp3) is 0.273. The zero-order valence-corrected chi connectivity index (χ0v) is 8.80. The summed E-state index contributed by atoms with van der Waals surface area (Å²) >= 11 is 0. The average Bonchev–Trinajstić information content (AvgIpc) is 2.69. The predicted octanol–water partition coefficient (Wildman–Crippen LogP) is 1.70. The van der Waals surface area contributed by atoms with Crippen LogP contribution < -0.4 is 0 Å². The number of carboxylic acids is 1. The van der Waals surface area contributed by atoms with Gasteiger partial charge < -0.3 is 14.3 Å². The monoisotopic (exact) mass is 224 g/mol. The lowest BCUT2D eigenvalue weighted by Crippen LogP contribution is -2.11. The van der Waals surface area contributed by atoms with Crippen LogP contribution in [-0.4, -0.2) is 23.7 Å². The van der Waals surface area contributed by atoms with Crippen molar-refractivity contribution in [3.8, 4) is 0 Å². The summed E-state index contributed by atoms with van der Waals surface area (Å²) in [7, 11) is 0. The van der Waals surface area contributed by atoms with E-state index in [1.165, 1.54) is 18.6 Å². The van der Waals surface area contributed by atoms with Crippen molar-refractivity contribution in [1.29, 1.82) is 0 Å². The first kappa shape index (κ1) is 12.0. The quantitative estimate of drug-likeness (QED) is 0.608. The lowest BCUT2D eigenvalue weighted by Gasteiger charge is -2.03. The van der Waals surface area contributed by atoms with E-state index >= 15 is 0 Å². The standard InChI is InChI=1S/C11H12O5/c1-2-16-11(14)9(6-10(12)13)5-8-3-4-15-7-8/h3-5,7H,2,6H2,1H3,(H,12,13)/b9-5+. The Labute approximate surface area is 92.3 Å². The summed E-state index contributed by atoms with van der Waals surface area (Å²) in [6.45, 7) is 1.87. The second-order valence-corrected chi connectivity index (χ2v) is 3.02. The van der Waals surface area contributed by atoms with Crippen molar-refractivity contribution in [1.82, 2.24) is 0 Å². The van der Waals surface area contributed by atoms with Gasteiger partial charge in [-0.25, -0.2) is 4.79 Å². The van der Waals surface area contributed by atoms with Crippen molar-refractivity contribution in [2.45, 2.75) is 13.3 Å². The normalized spacial score (nSPS) is 11.2. The van der Waals surface area contributed by atoms with Crippen molar-refractivity contribution in [2.75, 3.05) is 6.61 Å². The molecule has 0 aliphatic rings. The number of furan rings is 1. The molecule has 0 bridgehead atoms. The Kier molecular flexibility index (Phi) is 4.32. The minimum atomic E-state index is -1.08. The van der Waals surface area contributed by atoms with E-state index in [1.54, 1.807) is 13.0 Å². The van der Waals surface area contributed by atoms with Crippen LogP contribution in [0.25, 0.3) is 6.08 Å². The summed E-state index contributed by atoms with van der Waals surface area (Å²) in [5, 5.41) is 8.66. The molecule has 0 aliphatic carbocycles. The molecule has 0 saturated carbocycles. The summed E-state index contributed by atoms with van der Waals surface area (Å²) in [6.07, 6.45) is 3.93. The first-order chi connectivity index (χ1) is 7.63. The lowest BCUT2D eigenvalue weighted by molar-refractivity contribution is -0.142. The van der Waals surface area contributed by atoms with Crippen molar-refractivity contribution < 1.29 is 23.8 Å². The van der Waals surface area contributed by atoms with Crippen molar-refractivity contribution >= 4 is 18.0 Å². The maximum absolute atomic E-state index is 11.4. The maximum atomic E-state index is 11.4. The molecule has 1 aromatic rings. The molecule has 16 heavy (non-hydrogen) atoms. The van der Waals surface area contributed by atoms with Gasteiger partial charge in [-0.3, -0.25) is 4.79 Å². The van der Waals surface area contributed by atoms with Crippen LogP contribution in [0.15, 0.2) is 28.6 Å². The third kappa shape index (κ3) is 3.61. The summed E-state index contributed by atoms with van der Waals surface area (Å²) in [6, 6.07) is 1.63. The van der Waals surface area contributed by atoms with Crippen LogP contribution in [0.4, 0.5) is 0 Å². The van der Waals surface area contributed by atoms with Crippen LogP contribution in [-0.2, 0) is 14.3 Å². The Morgan fingerprint density at radius 3 is 2.81 bits per heavy atom. The van der Waals surface area contributed by atoms with E-state index in [1.807, 2.05) is 0 Å². The molecule has 0 amide bonds. The molecule has 1 aromatic heterocycles. The third-order valence-electron chi connectivity index (χ3n) is 1.76. The molecule has 86 valence electrons. The number of rotatable bonds is 5. The number of esters is 1. The smallest absolute Gasteiger partial charge is 0.334 e. The van der Waals surface area contributed by atoms with E-state index in [0.29, 0.717) is 5.56 Å². The van der Waals surface area contributed by atoms with Crippen molar-refractivity contribution in [2.24, 2.45) is 0 Å². The highest BCUT2D eigenvalue weighted by Crippen LogP contribution is 2.12. The molecule has 5 heteroatoms. The molecule has 1 N–H and O–H groups in total. The number of ether oxygens (including phenoxy) is 1. The molecule has 0 aromatic carbocycles. The first-order valence-electron chi connectivity index (χ1n) is 4.75. The van der Waals surface area contributed by atoms with Gasteiger partial charge in [-0.05, 0) is 19.1 Å². The predicted molar refractivity (Wildman–Crippen MR) is 55.6 cm³/mol. The topological polar surface area (TPSA) is 76.7 Å². The van der Waals surface area contributed by atoms with E-state index in [9.17, 15) is 9.59 Å². The van der Waals surface area contributed by atoms with Crippen LogP contribution in [0.2, 0.25) is 0 Å². The molecule has 0 radical (unpaired) electrons. The zero-order valence-electron chi connectivity index (χ0n) is 8.80. The summed E-state index contributed by atoms with van der Waals surface area (Å²) in [5.41, 5.74) is 0.722. The summed E-state index contributed by atoms with van der Waals surface area (Å²) in [5.74, 6) is -1.70. The molecular formula is C11H12O5. The fourth-order valence-electron chi connectivity index (χ4n) is 1.13. The van der Waals surface area contributed by atoms with Gasteiger partial charge >= 0.3 is 11.9 Å². The van der Waals surface area contributed by atoms with Gasteiger partial charge in [-0.15, -0.1) is 0 Å². The highest BCUT2D eigenvalue weighted by atomic mass is 16.5. The van der Waals surface area contributed by atoms with Crippen LogP contribution in [0.3, 0.4) is 0 Å². The number of aliphatic carboxylic acids is 1. The van der Waals surface area contributed by atoms with E-state index in [2.05, 4.69) is 0 Å². The molecule has 1 heterocycles. The van der Waals surface area contributed by atoms with Crippen LogP contribution in [0, 0.1) is 0 Å². The van der Waals surface area contributed by atoms with Gasteiger partial charge in [0, 0.05) is 11.1 Å². The minimum absolute atomic E-state index is 0.0933. The molecule has 0 aliphatic heterocycles. The van der Waals surface area contributed by atoms with Crippen LogP contribution in [0.1, 0.15) is 18.9 Å². The summed E-state index contributed by atoms with van der Waals surface area (Å²) in [4.78, 5) is 22.0. The van der Waals surface area contributed by atoms with Crippen LogP contribution >= 0.6 is 0 Å². The molecule has 0 spiro atoms. The van der Waals surface area contributed by atoms with Gasteiger partial charge in [-0.1, -0.05) is 0 Å². The Balaban J connectivity index is 2.86. The minimum Gasteiger partial charge on any atom is -0.481 e. The molecule has 0 unspecified atom stereocenters. The van der Waals surface area contributed by atoms with Crippen molar-refractivity contribution in [3.05, 3.63) is 29.7 Å². The Hall–Kier alpha value is -2.04. The molecule has 0 fully saturated rings. The molecule has 5 nitrogen and oxygen atoms in total. The number of carbonyl (C=O) groups is 2. The molecule has 0 atom stereocenters. The van der Waals surface area contributed by atoms with Gasteiger partial charge in [-0.2, -0.15) is 0 Å². The zero-order chi connectivity index (χ0) is 12.0. The number of carbonyl (C=O) groups excluding carboxylic acids is 1. The van der Waals surface area contributed by atoms with Crippen molar-refractivity contribution in [3.63, 3.8) is 0 Å². The second-order valence-electron chi connectivity index (χ2n) is 3.02.